The fourth-order valence-electron chi connectivity index (χ4n) is 7.75. The summed E-state index contributed by atoms with van der Waals surface area (Å²) >= 11 is 21.2. The van der Waals surface area contributed by atoms with Crippen molar-refractivity contribution in [3.8, 4) is 0 Å². The van der Waals surface area contributed by atoms with Crippen molar-refractivity contribution in [2.45, 2.75) is 285 Å². The van der Waals surface area contributed by atoms with Gasteiger partial charge in [-0.15, -0.1) is 0 Å². The van der Waals surface area contributed by atoms with Gasteiger partial charge in [0.15, 0.2) is 0 Å². The smallest absolute Gasteiger partial charge is 0.411 e. The van der Waals surface area contributed by atoms with Gasteiger partial charge in [0.2, 0.25) is 0 Å². The van der Waals surface area contributed by atoms with Crippen molar-refractivity contribution in [1.29, 1.82) is 0 Å². The first-order chi connectivity index (χ1) is 27.4. The van der Waals surface area contributed by atoms with E-state index in [0.29, 0.717) is 8.64 Å². The van der Waals surface area contributed by atoms with Crippen LogP contribution in [0.5, 0.6) is 0 Å². The maximum Gasteiger partial charge on any atom is 2.00 e. The third-order valence-corrected chi connectivity index (χ3v) is 12.7. The van der Waals surface area contributed by atoms with E-state index in [0.717, 1.165) is 26.2 Å². The molecule has 0 N–H and O–H groups in total. The van der Waals surface area contributed by atoms with Crippen LogP contribution >= 0.6 is 24.4 Å². The van der Waals surface area contributed by atoms with E-state index in [2.05, 4.69) is 37.5 Å². The molecule has 0 atom stereocenters. The monoisotopic (exact) mass is 921 g/mol. The molecule has 2 nitrogen and oxygen atoms in total. The van der Waals surface area contributed by atoms with Gasteiger partial charge in [0.25, 0.3) is 0 Å². The molecule has 0 aliphatic heterocycles. The molecule has 0 spiro atoms. The van der Waals surface area contributed by atoms with Crippen LogP contribution in [0.2, 0.25) is 0 Å². The molecule has 0 fully saturated rings. The predicted molar refractivity (Wildman–Crippen MR) is 270 cm³/mol. The van der Waals surface area contributed by atoms with Crippen molar-refractivity contribution in [3.63, 3.8) is 0 Å². The first kappa shape index (κ1) is 62.1. The largest absolute Gasteiger partial charge is 2.00 e. The van der Waals surface area contributed by atoms with Crippen LogP contribution in [-0.2, 0) is 44.7 Å². The van der Waals surface area contributed by atoms with E-state index >= 15 is 0 Å². The number of nitrogens with zero attached hydrogens (tertiary/aromatic N) is 2. The van der Waals surface area contributed by atoms with Crippen LogP contribution in [0.25, 0.3) is 0 Å². The van der Waals surface area contributed by atoms with Gasteiger partial charge in [0.05, 0.1) is 0 Å². The number of thiocarbonyl (C=S) groups is 2. The average Bonchev–Trinajstić information content (AvgIpc) is 3.19. The van der Waals surface area contributed by atoms with Gasteiger partial charge in [0.1, 0.15) is 0 Å². The molecule has 0 aromatic carbocycles. The van der Waals surface area contributed by atoms with E-state index in [-0.39, 0.29) is 19.5 Å². The Morgan fingerprint density at radius 1 is 0.263 bits per heavy atom. The van der Waals surface area contributed by atoms with Crippen LogP contribution in [-0.4, -0.2) is 44.6 Å². The van der Waals surface area contributed by atoms with Crippen LogP contribution in [0.1, 0.15) is 285 Å². The third kappa shape index (κ3) is 52.9. The van der Waals surface area contributed by atoms with E-state index in [1.165, 1.54) is 257 Å². The third-order valence-electron chi connectivity index (χ3n) is 11.6. The van der Waals surface area contributed by atoms with Crippen LogP contribution in [0, 0.1) is 0 Å². The summed E-state index contributed by atoms with van der Waals surface area (Å²) in [4.78, 5) is 4.56. The maximum atomic E-state index is 5.30. The van der Waals surface area contributed by atoms with Gasteiger partial charge in [-0.05, 0) is 25.7 Å². The minimum atomic E-state index is 0. The summed E-state index contributed by atoms with van der Waals surface area (Å²) in [6.45, 7) is 13.5. The van der Waals surface area contributed by atoms with E-state index in [4.69, 9.17) is 49.7 Å². The van der Waals surface area contributed by atoms with Crippen molar-refractivity contribution in [2.24, 2.45) is 0 Å². The molecule has 0 bridgehead atoms. The molecule has 0 saturated carbocycles. The van der Waals surface area contributed by atoms with Gasteiger partial charge in [-0.25, -0.2) is 0 Å². The maximum absolute atomic E-state index is 5.30. The van der Waals surface area contributed by atoms with Gasteiger partial charge < -0.3 is 59.5 Å². The Morgan fingerprint density at radius 3 is 0.509 bits per heavy atom. The Kier molecular flexibility index (Phi) is 59.8. The molecule has 0 amide bonds. The molecule has 0 heterocycles. The molecular weight excluding hydrogens is 822 g/mol. The van der Waals surface area contributed by atoms with Crippen molar-refractivity contribution in [2.75, 3.05) is 26.2 Å². The van der Waals surface area contributed by atoms with Crippen molar-refractivity contribution < 1.29 is 19.5 Å². The molecule has 0 aromatic heterocycles. The second kappa shape index (κ2) is 54.9. The van der Waals surface area contributed by atoms with Gasteiger partial charge in [0, 0.05) is 26.2 Å². The predicted octanol–water partition coefficient (Wildman–Crippen LogP) is 17.9. The van der Waals surface area contributed by atoms with Crippen LogP contribution < -0.4 is 0 Å². The van der Waals surface area contributed by atoms with Gasteiger partial charge in [-0.1, -0.05) is 267 Å². The number of hydrogen-bond donors (Lipinski definition) is 0. The fourth-order valence-corrected chi connectivity index (χ4v) is 8.48. The van der Waals surface area contributed by atoms with Crippen LogP contribution in [0.4, 0.5) is 0 Å². The fraction of sp³-hybridized carbons (Fsp3) is 0.960. The molecule has 7 heteroatoms. The van der Waals surface area contributed by atoms with Crippen molar-refractivity contribution in [3.05, 3.63) is 0 Å². The van der Waals surface area contributed by atoms with Crippen LogP contribution in [0.3, 0.4) is 0 Å². The Morgan fingerprint density at radius 2 is 0.386 bits per heavy atom. The molecule has 0 saturated heterocycles. The summed E-state index contributed by atoms with van der Waals surface area (Å²) in [5, 5.41) is 0. The molecule has 0 rings (SSSR count). The number of hydrogen-bond acceptors (Lipinski definition) is 4. The second-order valence-electron chi connectivity index (χ2n) is 17.2. The Bertz CT molecular complexity index is 661. The molecule has 336 valence electrons. The van der Waals surface area contributed by atoms with Crippen LogP contribution in [0.15, 0.2) is 0 Å². The molecule has 0 unspecified atom stereocenters. The molecule has 57 heavy (non-hydrogen) atoms. The normalized spacial score (nSPS) is 10.9. The molecular formula is C50H100N2S4Zn. The molecule has 0 aliphatic rings. The van der Waals surface area contributed by atoms with Crippen molar-refractivity contribution in [1.82, 2.24) is 9.80 Å². The first-order valence-corrected chi connectivity index (χ1v) is 27.0. The van der Waals surface area contributed by atoms with Crippen molar-refractivity contribution >= 4 is 58.3 Å². The zero-order chi connectivity index (χ0) is 41.4. The standard InChI is InChI=1S/2C25H51NS2.Zn/c2*1-3-5-7-9-11-13-15-17-19-21-23-26(25(27)28)24-22-20-18-16-14-12-10-8-6-4-2;/h2*3-24H2,1-2H3,(H,27,28);/q;;+2/p-2. The Hall–Kier alpha value is 0.843. The van der Waals surface area contributed by atoms with Gasteiger partial charge >= 0.3 is 19.5 Å². The summed E-state index contributed by atoms with van der Waals surface area (Å²) in [5.74, 6) is 0. The molecule has 0 aliphatic carbocycles. The van der Waals surface area contributed by atoms with E-state index < -0.39 is 0 Å². The summed E-state index contributed by atoms with van der Waals surface area (Å²) in [6.07, 6.45) is 55.4. The summed E-state index contributed by atoms with van der Waals surface area (Å²) in [6, 6.07) is 0. The first-order valence-electron chi connectivity index (χ1n) is 25.4. The molecule has 0 radical (unpaired) electrons. The number of rotatable bonds is 44. The zero-order valence-electron chi connectivity index (χ0n) is 39.3. The Labute approximate surface area is 395 Å². The average molecular weight is 923 g/mol. The number of unbranched alkanes of at least 4 members (excludes halogenated alkanes) is 36. The summed E-state index contributed by atoms with van der Waals surface area (Å²) < 4.78 is 1.37. The minimum Gasteiger partial charge on any atom is -0.411 e. The second-order valence-corrected chi connectivity index (χ2v) is 19.3. The minimum absolute atomic E-state index is 0. The van der Waals surface area contributed by atoms with Gasteiger partial charge in [-0.3, -0.25) is 0 Å². The van der Waals surface area contributed by atoms with Gasteiger partial charge in [-0.2, -0.15) is 0 Å². The molecule has 0 aromatic rings. The Balaban J connectivity index is -0.00000101. The summed E-state index contributed by atoms with van der Waals surface area (Å²) in [7, 11) is 0. The zero-order valence-corrected chi connectivity index (χ0v) is 45.6. The van der Waals surface area contributed by atoms with E-state index in [9.17, 15) is 0 Å². The van der Waals surface area contributed by atoms with E-state index in [1.54, 1.807) is 0 Å². The summed E-state index contributed by atoms with van der Waals surface area (Å²) in [5.41, 5.74) is 0. The topological polar surface area (TPSA) is 6.48 Å². The SMILES string of the molecule is CCCCCCCCCCCCN(CCCCCCCCCCCC)C(=S)[S-].CCCCCCCCCCCCN(CCCCCCCCCCCC)C(=S)[S-].[Zn+2]. The van der Waals surface area contributed by atoms with E-state index in [1.807, 2.05) is 0 Å². The quantitative estimate of drug-likeness (QED) is 0.0258.